The summed E-state index contributed by atoms with van der Waals surface area (Å²) in [5, 5.41) is 5.77. The van der Waals surface area contributed by atoms with Crippen LogP contribution >= 0.6 is 0 Å². The summed E-state index contributed by atoms with van der Waals surface area (Å²) in [6, 6.07) is 5.46. The van der Waals surface area contributed by atoms with E-state index in [1.54, 1.807) is 11.6 Å². The van der Waals surface area contributed by atoms with E-state index in [9.17, 15) is 14.4 Å². The number of aryl methyl sites for hydroxylation is 2. The van der Waals surface area contributed by atoms with E-state index in [4.69, 9.17) is 0 Å². The molecule has 0 bridgehead atoms. The molecule has 2 N–H and O–H groups in total. The van der Waals surface area contributed by atoms with Gasteiger partial charge in [-0.25, -0.2) is 4.79 Å². The average Bonchev–Trinajstić information content (AvgIpc) is 2.97. The van der Waals surface area contributed by atoms with Crippen LogP contribution in [0.1, 0.15) is 56.6 Å². The summed E-state index contributed by atoms with van der Waals surface area (Å²) < 4.78 is 3.15. The van der Waals surface area contributed by atoms with Gasteiger partial charge in [-0.05, 0) is 68.8 Å². The van der Waals surface area contributed by atoms with Crippen LogP contribution in [-0.4, -0.2) is 34.0 Å². The van der Waals surface area contributed by atoms with Crippen molar-refractivity contribution in [3.63, 3.8) is 0 Å². The Bertz CT molecular complexity index is 968. The molecular formula is C22H30N4O3. The quantitative estimate of drug-likeness (QED) is 0.576. The van der Waals surface area contributed by atoms with E-state index >= 15 is 0 Å². The van der Waals surface area contributed by atoms with Crippen LogP contribution in [-0.2, 0) is 23.1 Å². The number of nitrogens with zero attached hydrogens (tertiary/aromatic N) is 2. The average molecular weight is 399 g/mol. The summed E-state index contributed by atoms with van der Waals surface area (Å²) in [6.45, 7) is 2.30. The van der Waals surface area contributed by atoms with Gasteiger partial charge in [0.1, 0.15) is 6.04 Å². The number of hydrogen-bond acceptors (Lipinski definition) is 4. The van der Waals surface area contributed by atoms with Gasteiger partial charge in [0, 0.05) is 13.5 Å². The first kappa shape index (κ1) is 19.9. The zero-order valence-corrected chi connectivity index (χ0v) is 17.1. The second-order valence-electron chi connectivity index (χ2n) is 8.44. The Labute approximate surface area is 170 Å². The smallest absolute Gasteiger partial charge is 0.317 e. The lowest BCUT2D eigenvalue weighted by Gasteiger charge is -2.22. The minimum absolute atomic E-state index is 0.211. The number of imide groups is 1. The number of carbonyl (C=O) groups is 2. The minimum atomic E-state index is -0.625. The van der Waals surface area contributed by atoms with Gasteiger partial charge in [-0.2, -0.15) is 0 Å². The second-order valence-corrected chi connectivity index (χ2v) is 8.44. The van der Waals surface area contributed by atoms with E-state index in [0.717, 1.165) is 42.9 Å². The number of hydrogen-bond donors (Lipinski definition) is 2. The summed E-state index contributed by atoms with van der Waals surface area (Å²) in [5.74, 6) is 0.200. The number of benzene rings is 1. The number of fused-ring (bicyclic) bond motifs is 1. The topological polar surface area (TPSA) is 85.1 Å². The normalized spacial score (nSPS) is 20.9. The third kappa shape index (κ3) is 4.15. The molecule has 0 spiro atoms. The molecule has 7 heteroatoms. The Morgan fingerprint density at radius 2 is 1.83 bits per heavy atom. The van der Waals surface area contributed by atoms with E-state index < -0.39 is 11.9 Å². The molecule has 2 saturated heterocycles. The molecule has 2 aromatic rings. The molecular weight excluding hydrogens is 368 g/mol. The van der Waals surface area contributed by atoms with Crippen LogP contribution in [0.5, 0.6) is 0 Å². The van der Waals surface area contributed by atoms with E-state index in [1.165, 1.54) is 35.8 Å². The van der Waals surface area contributed by atoms with Crippen molar-refractivity contribution in [2.45, 2.75) is 57.4 Å². The molecule has 1 aromatic carbocycles. The number of carbonyl (C=O) groups excluding carboxylic acids is 2. The van der Waals surface area contributed by atoms with Crippen molar-refractivity contribution in [3.05, 3.63) is 34.2 Å². The predicted molar refractivity (Wildman–Crippen MR) is 112 cm³/mol. The third-order valence-electron chi connectivity index (χ3n) is 6.46. The Morgan fingerprint density at radius 3 is 2.59 bits per heavy atom. The Kier molecular flexibility index (Phi) is 5.85. The van der Waals surface area contributed by atoms with Gasteiger partial charge in [-0.1, -0.05) is 18.9 Å². The van der Waals surface area contributed by atoms with Gasteiger partial charge in [0.15, 0.2) is 0 Å². The molecule has 2 fully saturated rings. The maximum atomic E-state index is 12.8. The lowest BCUT2D eigenvalue weighted by molar-refractivity contribution is -0.135. The van der Waals surface area contributed by atoms with Crippen molar-refractivity contribution in [1.29, 1.82) is 0 Å². The first-order chi connectivity index (χ1) is 14.0. The molecule has 3 heterocycles. The summed E-state index contributed by atoms with van der Waals surface area (Å²) in [6.07, 6.45) is 7.89. The molecule has 156 valence electrons. The van der Waals surface area contributed by atoms with Gasteiger partial charge in [0.05, 0.1) is 11.0 Å². The van der Waals surface area contributed by atoms with Crippen molar-refractivity contribution in [2.75, 3.05) is 13.1 Å². The standard InChI is InChI=1S/C22H30N4O3/c1-25-19-14-16(5-3-2-4-15-10-12-23-13-11-15)6-7-17(19)26(22(25)29)18-8-9-20(27)24-21(18)28/h6-7,14-15,18,23H,2-5,8-13H2,1H3,(H,24,27,28). The van der Waals surface area contributed by atoms with Crippen LogP contribution in [0.4, 0.5) is 0 Å². The molecule has 0 radical (unpaired) electrons. The zero-order valence-electron chi connectivity index (χ0n) is 17.1. The second kappa shape index (κ2) is 8.53. The van der Waals surface area contributed by atoms with Gasteiger partial charge in [0.25, 0.3) is 0 Å². The fourth-order valence-electron chi connectivity index (χ4n) is 4.73. The lowest BCUT2D eigenvalue weighted by Crippen LogP contribution is -2.44. The molecule has 7 nitrogen and oxygen atoms in total. The number of nitrogens with one attached hydrogen (secondary N) is 2. The van der Waals surface area contributed by atoms with E-state index in [-0.39, 0.29) is 18.0 Å². The van der Waals surface area contributed by atoms with Crippen LogP contribution in [0.3, 0.4) is 0 Å². The van der Waals surface area contributed by atoms with Crippen LogP contribution in [0.2, 0.25) is 0 Å². The highest BCUT2D eigenvalue weighted by Gasteiger charge is 2.31. The van der Waals surface area contributed by atoms with E-state index in [0.29, 0.717) is 6.42 Å². The third-order valence-corrected chi connectivity index (χ3v) is 6.46. The van der Waals surface area contributed by atoms with E-state index in [2.05, 4.69) is 22.8 Å². The number of rotatable bonds is 6. The Balaban J connectivity index is 1.46. The predicted octanol–water partition coefficient (Wildman–Crippen LogP) is 2.03. The molecule has 1 atom stereocenters. The van der Waals surface area contributed by atoms with Gasteiger partial charge >= 0.3 is 5.69 Å². The molecule has 2 aliphatic heterocycles. The van der Waals surface area contributed by atoms with Crippen molar-refractivity contribution >= 4 is 22.8 Å². The van der Waals surface area contributed by atoms with Gasteiger partial charge in [-0.3, -0.25) is 24.0 Å². The summed E-state index contributed by atoms with van der Waals surface area (Å²) >= 11 is 0. The Morgan fingerprint density at radius 1 is 1.03 bits per heavy atom. The summed E-state index contributed by atoms with van der Waals surface area (Å²) in [7, 11) is 1.74. The maximum Gasteiger partial charge on any atom is 0.329 e. The molecule has 0 aliphatic carbocycles. The first-order valence-corrected chi connectivity index (χ1v) is 10.8. The SMILES string of the molecule is Cn1c(=O)n(C2CCC(=O)NC2=O)c2ccc(CCCCC3CCNCC3)cc21. The monoisotopic (exact) mass is 398 g/mol. The number of unbranched alkanes of at least 4 members (excludes halogenated alkanes) is 1. The van der Waals surface area contributed by atoms with E-state index in [1.807, 2.05) is 6.07 Å². The molecule has 0 saturated carbocycles. The Hall–Kier alpha value is -2.41. The van der Waals surface area contributed by atoms with Crippen LogP contribution < -0.4 is 16.3 Å². The molecule has 1 aromatic heterocycles. The fraction of sp³-hybridized carbons (Fsp3) is 0.591. The summed E-state index contributed by atoms with van der Waals surface area (Å²) in [5.41, 5.74) is 2.61. The van der Waals surface area contributed by atoms with Crippen LogP contribution in [0.15, 0.2) is 23.0 Å². The largest absolute Gasteiger partial charge is 0.329 e. The number of piperidine rings is 2. The molecule has 4 rings (SSSR count). The first-order valence-electron chi connectivity index (χ1n) is 10.8. The van der Waals surface area contributed by atoms with Gasteiger partial charge < -0.3 is 5.32 Å². The number of amides is 2. The highest BCUT2D eigenvalue weighted by molar-refractivity contribution is 6.00. The molecule has 29 heavy (non-hydrogen) atoms. The fourth-order valence-corrected chi connectivity index (χ4v) is 4.73. The van der Waals surface area contributed by atoms with Gasteiger partial charge in [-0.15, -0.1) is 0 Å². The van der Waals surface area contributed by atoms with Crippen LogP contribution in [0.25, 0.3) is 11.0 Å². The van der Waals surface area contributed by atoms with Crippen molar-refractivity contribution in [1.82, 2.24) is 19.8 Å². The molecule has 2 aliphatic rings. The zero-order chi connectivity index (χ0) is 20.4. The number of aromatic nitrogens is 2. The van der Waals surface area contributed by atoms with Gasteiger partial charge in [0.2, 0.25) is 11.8 Å². The van der Waals surface area contributed by atoms with Crippen molar-refractivity contribution in [2.24, 2.45) is 13.0 Å². The maximum absolute atomic E-state index is 12.8. The van der Waals surface area contributed by atoms with Crippen LogP contribution in [0, 0.1) is 5.92 Å². The van der Waals surface area contributed by atoms with Crippen molar-refractivity contribution < 1.29 is 9.59 Å². The molecule has 1 unspecified atom stereocenters. The molecule has 2 amide bonds. The summed E-state index contributed by atoms with van der Waals surface area (Å²) in [4.78, 5) is 36.5. The highest BCUT2D eigenvalue weighted by atomic mass is 16.2. The lowest BCUT2D eigenvalue weighted by atomic mass is 9.92. The van der Waals surface area contributed by atoms with Crippen molar-refractivity contribution in [3.8, 4) is 0 Å². The minimum Gasteiger partial charge on any atom is -0.317 e. The number of imidazole rings is 1. The highest BCUT2D eigenvalue weighted by Crippen LogP contribution is 2.25.